The number of nitrogens with one attached hydrogen (secondary N) is 1. The Hall–Kier alpha value is -1.42. The summed E-state index contributed by atoms with van der Waals surface area (Å²) >= 11 is 0. The highest BCUT2D eigenvalue weighted by molar-refractivity contribution is 7.66. The zero-order chi connectivity index (χ0) is 25.6. The molecule has 20 heteroatoms. The third kappa shape index (κ3) is 6.42. The number of aromatic amines is 1. The van der Waals surface area contributed by atoms with Gasteiger partial charge in [0.1, 0.15) is 35.9 Å². The molecule has 0 amide bonds. The summed E-state index contributed by atoms with van der Waals surface area (Å²) in [6.07, 6.45) is -6.67. The van der Waals surface area contributed by atoms with Gasteiger partial charge in [0.05, 0.1) is 12.3 Å². The summed E-state index contributed by atoms with van der Waals surface area (Å²) in [4.78, 5) is 54.3. The van der Waals surface area contributed by atoms with Crippen molar-refractivity contribution in [3.63, 3.8) is 0 Å². The summed E-state index contributed by atoms with van der Waals surface area (Å²) in [5.41, 5.74) is -0.972. The molecular weight excluding hydrogens is 532 g/mol. The minimum atomic E-state index is -5.76. The number of hydrogen-bond donors (Lipinski definition) is 7. The summed E-state index contributed by atoms with van der Waals surface area (Å²) < 4.78 is 64.4. The molecule has 6 atom stereocenters. The molecular formula is C14H18FN2O14P3. The molecule has 0 radical (unpaired) electrons. The van der Waals surface area contributed by atoms with Crippen LogP contribution >= 0.6 is 23.5 Å². The Morgan fingerprint density at radius 1 is 1.09 bits per heavy atom. The minimum absolute atomic E-state index is 0.0231. The molecule has 3 rings (SSSR count). The zero-order valence-electron chi connectivity index (χ0n) is 16.8. The van der Waals surface area contributed by atoms with Gasteiger partial charge in [-0.25, -0.2) is 23.1 Å². The monoisotopic (exact) mass is 550 g/mol. The quantitative estimate of drug-likeness (QED) is 0.211. The van der Waals surface area contributed by atoms with E-state index in [1.807, 2.05) is 0 Å². The highest BCUT2D eigenvalue weighted by Gasteiger charge is 2.47. The normalized spacial score (nSPS) is 26.9. The van der Waals surface area contributed by atoms with Crippen LogP contribution in [0.25, 0.3) is 11.0 Å². The number of aliphatic hydroxyl groups is 2. The van der Waals surface area contributed by atoms with Gasteiger partial charge in [-0.2, -0.15) is 8.62 Å². The average molecular weight is 550 g/mol. The number of halogens is 1. The molecule has 3 unspecified atom stereocenters. The molecule has 1 fully saturated rings. The van der Waals surface area contributed by atoms with Crippen molar-refractivity contribution >= 4 is 34.5 Å². The highest BCUT2D eigenvalue weighted by Crippen LogP contribution is 2.66. The summed E-state index contributed by atoms with van der Waals surface area (Å²) in [7, 11) is -16.9. The van der Waals surface area contributed by atoms with E-state index < -0.39 is 65.9 Å². The van der Waals surface area contributed by atoms with E-state index in [0.717, 1.165) is 12.1 Å². The van der Waals surface area contributed by atoms with Gasteiger partial charge in [0.2, 0.25) is 0 Å². The number of H-pyrrole nitrogens is 1. The Kier molecular flexibility index (Phi) is 7.64. The zero-order valence-corrected chi connectivity index (χ0v) is 19.5. The highest BCUT2D eigenvalue weighted by atomic mass is 31.3. The maximum atomic E-state index is 13.8. The van der Waals surface area contributed by atoms with Crippen LogP contribution in [0.5, 0.6) is 0 Å². The summed E-state index contributed by atoms with van der Waals surface area (Å²) in [6, 6.07) is 2.23. The number of rotatable bonds is 8. The molecule has 34 heavy (non-hydrogen) atoms. The van der Waals surface area contributed by atoms with Crippen molar-refractivity contribution in [2.24, 2.45) is 0 Å². The first kappa shape index (κ1) is 27.2. The van der Waals surface area contributed by atoms with Crippen molar-refractivity contribution in [1.82, 2.24) is 9.97 Å². The number of ether oxygens (including phenoxy) is 1. The lowest BCUT2D eigenvalue weighted by molar-refractivity contribution is -0.0225. The Bertz CT molecular complexity index is 1300. The van der Waals surface area contributed by atoms with Crippen molar-refractivity contribution in [3.8, 4) is 0 Å². The van der Waals surface area contributed by atoms with Crippen LogP contribution in [-0.4, -0.2) is 64.7 Å². The maximum absolute atomic E-state index is 13.8. The van der Waals surface area contributed by atoms with E-state index in [1.165, 1.54) is 6.92 Å². The summed E-state index contributed by atoms with van der Waals surface area (Å²) in [6.45, 7) is 0.322. The lowest BCUT2D eigenvalue weighted by Gasteiger charge is -2.19. The fraction of sp³-hybridized carbons (Fsp3) is 0.429. The number of nitrogens with zero attached hydrogens (tertiary/aromatic N) is 1. The van der Waals surface area contributed by atoms with Gasteiger partial charge in [-0.3, -0.25) is 9.32 Å². The van der Waals surface area contributed by atoms with Gasteiger partial charge < -0.3 is 39.5 Å². The van der Waals surface area contributed by atoms with Crippen molar-refractivity contribution in [2.45, 2.75) is 31.3 Å². The van der Waals surface area contributed by atoms with Gasteiger partial charge in [0.25, 0.3) is 5.56 Å². The molecule has 2 aromatic heterocycles. The van der Waals surface area contributed by atoms with Crippen molar-refractivity contribution in [3.05, 3.63) is 39.6 Å². The second-order valence-electron chi connectivity index (χ2n) is 7.01. The molecule has 16 nitrogen and oxygen atoms in total. The molecule has 1 aliphatic rings. The Morgan fingerprint density at radius 2 is 1.74 bits per heavy atom. The van der Waals surface area contributed by atoms with Crippen LogP contribution < -0.4 is 5.56 Å². The lowest BCUT2D eigenvalue weighted by Crippen LogP contribution is -2.33. The first-order chi connectivity index (χ1) is 15.5. The molecule has 2 aromatic rings. The molecule has 190 valence electrons. The number of hydrogen-bond acceptors (Lipinski definition) is 11. The van der Waals surface area contributed by atoms with E-state index >= 15 is 0 Å². The van der Waals surface area contributed by atoms with Crippen LogP contribution in [0.1, 0.15) is 17.4 Å². The Balaban J connectivity index is 1.75. The Labute approximate surface area is 188 Å². The number of aromatic nitrogens is 2. The van der Waals surface area contributed by atoms with Crippen LogP contribution in [0.4, 0.5) is 4.39 Å². The van der Waals surface area contributed by atoms with Crippen LogP contribution in [0.2, 0.25) is 0 Å². The number of phosphoric acid groups is 3. The van der Waals surface area contributed by atoms with Crippen LogP contribution in [0.15, 0.2) is 16.9 Å². The predicted molar refractivity (Wildman–Crippen MR) is 107 cm³/mol. The second kappa shape index (κ2) is 9.56. The first-order valence-corrected chi connectivity index (χ1v) is 13.5. The number of aliphatic hydroxyl groups excluding tert-OH is 2. The second-order valence-corrected chi connectivity index (χ2v) is 11.4. The lowest BCUT2D eigenvalue weighted by atomic mass is 10.0. The van der Waals surface area contributed by atoms with E-state index in [0.29, 0.717) is 0 Å². The van der Waals surface area contributed by atoms with Crippen LogP contribution in [0, 0.1) is 12.7 Å². The van der Waals surface area contributed by atoms with Crippen LogP contribution in [-0.2, 0) is 31.6 Å². The van der Waals surface area contributed by atoms with E-state index in [-0.39, 0.29) is 22.3 Å². The third-order valence-electron chi connectivity index (χ3n) is 4.47. The summed E-state index contributed by atoms with van der Waals surface area (Å²) in [5, 5.41) is 20.6. The van der Waals surface area contributed by atoms with Gasteiger partial charge in [-0.05, 0) is 19.1 Å². The minimum Gasteiger partial charge on any atom is -0.387 e. The van der Waals surface area contributed by atoms with Crippen molar-refractivity contribution in [1.29, 1.82) is 0 Å². The van der Waals surface area contributed by atoms with E-state index in [2.05, 4.69) is 23.1 Å². The molecule has 1 saturated heterocycles. The van der Waals surface area contributed by atoms with Gasteiger partial charge in [-0.1, -0.05) is 0 Å². The maximum Gasteiger partial charge on any atom is 0.490 e. The molecule has 0 aliphatic carbocycles. The topological polar surface area (TPSA) is 255 Å². The standard InChI is InChI=1S/C14H18FN2O14P3/c1-5-8(15)3-6-2-7(14(20)17-13(6)16-5)12-11(19)10(18)9(29-12)4-28-33(24,25)31-34(26,27)30-32(21,22)23/h2-3,9-12,18-19H,4H2,1H3,(H,24,25)(H,26,27)(H,16,17,20)(H2,21,22,23)/t9-,10+,11?,12+/m1/s1. The molecule has 3 heterocycles. The predicted octanol–water partition coefficient (Wildman–Crippen LogP) is -0.124. The third-order valence-corrected chi connectivity index (χ3v) is 8.28. The molecule has 7 N–H and O–H groups in total. The average Bonchev–Trinajstić information content (AvgIpc) is 2.93. The van der Waals surface area contributed by atoms with Crippen molar-refractivity contribution in [2.75, 3.05) is 6.61 Å². The smallest absolute Gasteiger partial charge is 0.387 e. The molecule has 0 spiro atoms. The number of aryl methyl sites for hydroxylation is 1. The molecule has 0 bridgehead atoms. The largest absolute Gasteiger partial charge is 0.490 e. The van der Waals surface area contributed by atoms with E-state index in [4.69, 9.17) is 19.4 Å². The van der Waals surface area contributed by atoms with Gasteiger partial charge in [0.15, 0.2) is 0 Å². The van der Waals surface area contributed by atoms with Gasteiger partial charge in [-0.15, -0.1) is 0 Å². The van der Waals surface area contributed by atoms with Gasteiger partial charge in [0, 0.05) is 10.9 Å². The molecule has 0 aromatic carbocycles. The number of pyridine rings is 2. The first-order valence-electron chi connectivity index (χ1n) is 8.98. The molecule has 1 aliphatic heterocycles. The SMILES string of the molecule is Cc1nc2[nH]c(=O)c([C@@H]3O[C@H](COP(=O)(O)OP(=O)(O)OP(=O)(O)O)[C@H](O)C3O)cc2cc1F. The number of fused-ring (bicyclic) bond motifs is 1. The Morgan fingerprint density at radius 3 is 2.35 bits per heavy atom. The van der Waals surface area contributed by atoms with Gasteiger partial charge >= 0.3 is 23.5 Å². The number of phosphoric ester groups is 1. The van der Waals surface area contributed by atoms with Crippen molar-refractivity contribution < 1.29 is 65.8 Å². The van der Waals surface area contributed by atoms with E-state index in [9.17, 15) is 38.0 Å². The summed E-state index contributed by atoms with van der Waals surface area (Å²) in [5.74, 6) is -0.674. The van der Waals surface area contributed by atoms with Crippen LogP contribution in [0.3, 0.4) is 0 Å². The fourth-order valence-corrected chi connectivity index (χ4v) is 6.07. The van der Waals surface area contributed by atoms with E-state index in [1.54, 1.807) is 0 Å². The fourth-order valence-electron chi connectivity index (χ4n) is 3.04. The molecule has 0 saturated carbocycles.